The Bertz CT molecular complexity index is 303. The summed E-state index contributed by atoms with van der Waals surface area (Å²) in [4.78, 5) is 0. The van der Waals surface area contributed by atoms with Crippen LogP contribution in [-0.4, -0.2) is 9.78 Å². The Kier molecular flexibility index (Phi) is 3.85. The molecule has 0 aliphatic rings. The maximum Gasteiger partial charge on any atom is 0.0806 e. The van der Waals surface area contributed by atoms with Crippen LogP contribution in [0.1, 0.15) is 31.3 Å². The van der Waals surface area contributed by atoms with E-state index in [2.05, 4.69) is 37.0 Å². The Labute approximate surface area is 84.8 Å². The molecule has 4 heteroatoms. The lowest BCUT2D eigenvalue weighted by atomic mass is 10.2. The Morgan fingerprint density at radius 2 is 2.43 bits per heavy atom. The summed E-state index contributed by atoms with van der Waals surface area (Å²) in [6.45, 7) is 8.73. The largest absolute Gasteiger partial charge is 0.271 e. The smallest absolute Gasteiger partial charge is 0.0806 e. The molecule has 0 saturated heterocycles. The van der Waals surface area contributed by atoms with Crippen LogP contribution < -0.4 is 11.3 Å². The molecule has 1 aromatic rings. The third-order valence-electron chi connectivity index (χ3n) is 2.26. The molecule has 0 radical (unpaired) electrons. The fourth-order valence-electron chi connectivity index (χ4n) is 1.44. The van der Waals surface area contributed by atoms with E-state index in [1.807, 2.05) is 4.68 Å². The normalized spacial score (nSPS) is 12.8. The summed E-state index contributed by atoms with van der Waals surface area (Å²) in [7, 11) is 0. The second-order valence-corrected chi connectivity index (χ2v) is 3.11. The van der Waals surface area contributed by atoms with Gasteiger partial charge in [0.25, 0.3) is 0 Å². The van der Waals surface area contributed by atoms with Gasteiger partial charge in [-0.1, -0.05) is 13.0 Å². The van der Waals surface area contributed by atoms with Crippen LogP contribution in [0, 0.1) is 0 Å². The van der Waals surface area contributed by atoms with E-state index in [0.29, 0.717) is 0 Å². The minimum atomic E-state index is -0.0252. The number of aryl methyl sites for hydroxylation is 2. The van der Waals surface area contributed by atoms with E-state index >= 15 is 0 Å². The lowest BCUT2D eigenvalue weighted by Gasteiger charge is -2.12. The van der Waals surface area contributed by atoms with E-state index in [1.54, 1.807) is 6.08 Å². The van der Waals surface area contributed by atoms with Crippen LogP contribution in [0.2, 0.25) is 0 Å². The zero-order valence-corrected chi connectivity index (χ0v) is 8.83. The molecule has 0 bridgehead atoms. The summed E-state index contributed by atoms with van der Waals surface area (Å²) >= 11 is 0. The van der Waals surface area contributed by atoms with Crippen molar-refractivity contribution >= 4 is 0 Å². The molecule has 0 spiro atoms. The van der Waals surface area contributed by atoms with Crippen molar-refractivity contribution in [3.05, 3.63) is 30.1 Å². The average molecular weight is 194 g/mol. The van der Waals surface area contributed by atoms with Gasteiger partial charge < -0.3 is 0 Å². The van der Waals surface area contributed by atoms with E-state index in [1.165, 1.54) is 0 Å². The van der Waals surface area contributed by atoms with Gasteiger partial charge in [-0.05, 0) is 19.4 Å². The van der Waals surface area contributed by atoms with Crippen molar-refractivity contribution in [1.29, 1.82) is 0 Å². The van der Waals surface area contributed by atoms with Crippen LogP contribution in [0.15, 0.2) is 18.7 Å². The molecule has 3 N–H and O–H groups in total. The summed E-state index contributed by atoms with van der Waals surface area (Å²) in [5.74, 6) is 5.43. The number of hydrogen-bond acceptors (Lipinski definition) is 3. The second kappa shape index (κ2) is 4.93. The highest BCUT2D eigenvalue weighted by Crippen LogP contribution is 2.15. The van der Waals surface area contributed by atoms with E-state index in [0.717, 1.165) is 24.4 Å². The van der Waals surface area contributed by atoms with E-state index in [9.17, 15) is 0 Å². The van der Waals surface area contributed by atoms with Crippen molar-refractivity contribution in [2.75, 3.05) is 0 Å². The van der Waals surface area contributed by atoms with Crippen LogP contribution in [0.5, 0.6) is 0 Å². The second-order valence-electron chi connectivity index (χ2n) is 3.11. The first-order chi connectivity index (χ1) is 6.76. The van der Waals surface area contributed by atoms with Gasteiger partial charge in [0.2, 0.25) is 0 Å². The maximum absolute atomic E-state index is 5.43. The molecule has 14 heavy (non-hydrogen) atoms. The van der Waals surface area contributed by atoms with Gasteiger partial charge in [0.1, 0.15) is 0 Å². The topological polar surface area (TPSA) is 55.9 Å². The molecule has 1 atom stereocenters. The fraction of sp³-hybridized carbons (Fsp3) is 0.500. The molecule has 0 amide bonds. The standard InChI is InChI=1S/C10H18N4/c1-4-8-7-10(9(5-2)12-11)14(6-3)13-8/h5,7,9,12H,2,4,6,11H2,1,3H3. The van der Waals surface area contributed by atoms with Crippen molar-refractivity contribution in [2.24, 2.45) is 5.84 Å². The first-order valence-electron chi connectivity index (χ1n) is 4.92. The summed E-state index contributed by atoms with van der Waals surface area (Å²) < 4.78 is 1.95. The number of hydrogen-bond donors (Lipinski definition) is 2. The van der Waals surface area contributed by atoms with Gasteiger partial charge in [-0.25, -0.2) is 5.43 Å². The summed E-state index contributed by atoms with van der Waals surface area (Å²) in [6.07, 6.45) is 2.72. The van der Waals surface area contributed by atoms with Crippen LogP contribution in [0.25, 0.3) is 0 Å². The van der Waals surface area contributed by atoms with Gasteiger partial charge >= 0.3 is 0 Å². The van der Waals surface area contributed by atoms with Crippen LogP contribution >= 0.6 is 0 Å². The maximum atomic E-state index is 5.43. The van der Waals surface area contributed by atoms with Gasteiger partial charge in [0, 0.05) is 6.54 Å². The molecule has 1 heterocycles. The van der Waals surface area contributed by atoms with Crippen LogP contribution in [-0.2, 0) is 13.0 Å². The highest BCUT2D eigenvalue weighted by molar-refractivity contribution is 5.18. The first-order valence-corrected chi connectivity index (χ1v) is 4.92. The molecule has 0 aliphatic carbocycles. The Morgan fingerprint density at radius 1 is 1.71 bits per heavy atom. The third kappa shape index (κ3) is 2.02. The number of hydrazine groups is 1. The van der Waals surface area contributed by atoms with E-state index in [-0.39, 0.29) is 6.04 Å². The minimum Gasteiger partial charge on any atom is -0.271 e. The van der Waals surface area contributed by atoms with E-state index < -0.39 is 0 Å². The lowest BCUT2D eigenvalue weighted by Crippen LogP contribution is -2.28. The Hall–Kier alpha value is -1.13. The molecular weight excluding hydrogens is 176 g/mol. The first kappa shape index (κ1) is 10.9. The summed E-state index contributed by atoms with van der Waals surface area (Å²) in [5.41, 5.74) is 4.86. The summed E-state index contributed by atoms with van der Waals surface area (Å²) in [6, 6.07) is 2.04. The van der Waals surface area contributed by atoms with Gasteiger partial charge in [-0.15, -0.1) is 6.58 Å². The third-order valence-corrected chi connectivity index (χ3v) is 2.26. The zero-order chi connectivity index (χ0) is 10.6. The summed E-state index contributed by atoms with van der Waals surface area (Å²) in [5, 5.41) is 4.44. The van der Waals surface area contributed by atoms with Crippen molar-refractivity contribution in [2.45, 2.75) is 32.9 Å². The molecular formula is C10H18N4. The van der Waals surface area contributed by atoms with Crippen LogP contribution in [0.4, 0.5) is 0 Å². The van der Waals surface area contributed by atoms with E-state index in [4.69, 9.17) is 5.84 Å². The number of nitrogens with zero attached hydrogens (tertiary/aromatic N) is 2. The lowest BCUT2D eigenvalue weighted by molar-refractivity contribution is 0.551. The molecule has 0 fully saturated rings. The van der Waals surface area contributed by atoms with Crippen molar-refractivity contribution in [3.63, 3.8) is 0 Å². The minimum absolute atomic E-state index is 0.0252. The predicted molar refractivity (Wildman–Crippen MR) is 57.5 cm³/mol. The Morgan fingerprint density at radius 3 is 2.86 bits per heavy atom. The SMILES string of the molecule is C=CC(NN)c1cc(CC)nn1CC. The van der Waals surface area contributed by atoms with Gasteiger partial charge in [0.15, 0.2) is 0 Å². The highest BCUT2D eigenvalue weighted by atomic mass is 15.3. The predicted octanol–water partition coefficient (Wildman–Crippen LogP) is 1.16. The van der Waals surface area contributed by atoms with Crippen molar-refractivity contribution < 1.29 is 0 Å². The molecule has 4 nitrogen and oxygen atoms in total. The molecule has 0 aliphatic heterocycles. The van der Waals surface area contributed by atoms with Crippen LogP contribution in [0.3, 0.4) is 0 Å². The fourth-order valence-corrected chi connectivity index (χ4v) is 1.44. The number of aromatic nitrogens is 2. The van der Waals surface area contributed by atoms with Gasteiger partial charge in [-0.3, -0.25) is 10.5 Å². The number of nitrogens with one attached hydrogen (secondary N) is 1. The highest BCUT2D eigenvalue weighted by Gasteiger charge is 2.12. The van der Waals surface area contributed by atoms with Gasteiger partial charge in [0.05, 0.1) is 17.4 Å². The van der Waals surface area contributed by atoms with Crippen molar-refractivity contribution in [3.8, 4) is 0 Å². The monoisotopic (exact) mass is 194 g/mol. The molecule has 0 aromatic carbocycles. The molecule has 1 rings (SSSR count). The quantitative estimate of drug-likeness (QED) is 0.420. The molecule has 78 valence electrons. The van der Waals surface area contributed by atoms with Gasteiger partial charge in [-0.2, -0.15) is 5.10 Å². The zero-order valence-electron chi connectivity index (χ0n) is 8.83. The Balaban J connectivity index is 3.03. The molecule has 0 saturated carbocycles. The molecule has 1 aromatic heterocycles. The number of nitrogens with two attached hydrogens (primary N) is 1. The number of rotatable bonds is 5. The molecule has 1 unspecified atom stereocenters. The average Bonchev–Trinajstić information content (AvgIpc) is 2.63. The van der Waals surface area contributed by atoms with Crippen molar-refractivity contribution in [1.82, 2.24) is 15.2 Å².